The summed E-state index contributed by atoms with van der Waals surface area (Å²) >= 11 is 1.17. The Balaban J connectivity index is 1.97. The normalized spacial score (nSPS) is 10.8. The average Bonchev–Trinajstić information content (AvgIpc) is 2.86. The third kappa shape index (κ3) is 7.22. The summed E-state index contributed by atoms with van der Waals surface area (Å²) in [5, 5.41) is 15.8. The summed E-state index contributed by atoms with van der Waals surface area (Å²) in [6, 6.07) is 1.62. The molecule has 0 atom stereocenters. The van der Waals surface area contributed by atoms with Crippen LogP contribution in [0.15, 0.2) is 11.4 Å². The Morgan fingerprint density at radius 2 is 2.21 bits per heavy atom. The van der Waals surface area contributed by atoms with Gasteiger partial charge >= 0.3 is 5.00 Å². The Bertz CT molecular complexity index is 370. The van der Waals surface area contributed by atoms with Crippen molar-refractivity contribution in [3.63, 3.8) is 0 Å². The van der Waals surface area contributed by atoms with E-state index in [2.05, 4.69) is 5.32 Å². The molecule has 1 N–H and O–H groups in total. The highest BCUT2D eigenvalue weighted by atomic mass is 32.1. The maximum absolute atomic E-state index is 10.5. The van der Waals surface area contributed by atoms with Crippen LogP contribution in [0.3, 0.4) is 0 Å². The Hall–Kier alpha value is -1.02. The van der Waals surface area contributed by atoms with Crippen LogP contribution in [-0.4, -0.2) is 38.4 Å². The van der Waals surface area contributed by atoms with Crippen molar-refractivity contribution in [1.82, 2.24) is 5.32 Å². The smallest absolute Gasteiger partial charge is 0.324 e. The third-order valence-electron chi connectivity index (χ3n) is 2.47. The lowest BCUT2D eigenvalue weighted by molar-refractivity contribution is -0.380. The first-order chi connectivity index (χ1) is 9.24. The van der Waals surface area contributed by atoms with Crippen molar-refractivity contribution in [2.75, 3.05) is 33.5 Å². The number of ether oxygens (including phenoxy) is 2. The maximum atomic E-state index is 10.5. The van der Waals surface area contributed by atoms with Gasteiger partial charge in [0.15, 0.2) is 0 Å². The fraction of sp³-hybridized carbons (Fsp3) is 0.667. The molecule has 0 aliphatic heterocycles. The molecule has 1 aromatic rings. The van der Waals surface area contributed by atoms with E-state index >= 15 is 0 Å². The molecule has 7 heteroatoms. The Morgan fingerprint density at radius 3 is 2.89 bits per heavy atom. The summed E-state index contributed by atoms with van der Waals surface area (Å²) in [5.41, 5.74) is 0.966. The van der Waals surface area contributed by atoms with E-state index in [0.717, 1.165) is 31.6 Å². The predicted octanol–water partition coefficient (Wildman–Crippen LogP) is 2.19. The van der Waals surface area contributed by atoms with Gasteiger partial charge in [0.05, 0.1) is 18.1 Å². The molecule has 0 saturated heterocycles. The summed E-state index contributed by atoms with van der Waals surface area (Å²) in [6.45, 7) is 3.58. The molecule has 0 unspecified atom stereocenters. The number of methoxy groups -OCH3 is 1. The van der Waals surface area contributed by atoms with Crippen molar-refractivity contribution in [2.45, 2.75) is 19.4 Å². The number of nitro groups is 1. The molecule has 0 spiro atoms. The molecule has 0 radical (unpaired) electrons. The monoisotopic (exact) mass is 288 g/mol. The van der Waals surface area contributed by atoms with Gasteiger partial charge in [0, 0.05) is 31.7 Å². The van der Waals surface area contributed by atoms with Crippen LogP contribution in [0.2, 0.25) is 0 Å². The number of hydrogen-bond donors (Lipinski definition) is 1. The Labute approximate surface area is 116 Å². The fourth-order valence-corrected chi connectivity index (χ4v) is 2.21. The molecule has 1 rings (SSSR count). The van der Waals surface area contributed by atoms with E-state index in [1.54, 1.807) is 13.2 Å². The lowest BCUT2D eigenvalue weighted by Gasteiger charge is -2.04. The zero-order valence-corrected chi connectivity index (χ0v) is 11.9. The molecule has 0 aliphatic carbocycles. The van der Waals surface area contributed by atoms with Gasteiger partial charge in [0.2, 0.25) is 0 Å². The first kappa shape index (κ1) is 16.0. The molecule has 19 heavy (non-hydrogen) atoms. The number of nitrogens with one attached hydrogen (secondary N) is 1. The summed E-state index contributed by atoms with van der Waals surface area (Å²) in [4.78, 5) is 10.2. The van der Waals surface area contributed by atoms with Crippen LogP contribution in [0.4, 0.5) is 5.00 Å². The molecule has 0 bridgehead atoms. The second kappa shape index (κ2) is 9.85. The minimum atomic E-state index is -0.356. The second-order valence-corrected chi connectivity index (χ2v) is 4.93. The lowest BCUT2D eigenvalue weighted by Crippen LogP contribution is -2.15. The fourth-order valence-electron chi connectivity index (χ4n) is 1.48. The first-order valence-electron chi connectivity index (χ1n) is 6.23. The zero-order valence-electron chi connectivity index (χ0n) is 11.1. The van der Waals surface area contributed by atoms with Gasteiger partial charge in [-0.05, 0) is 24.9 Å². The molecule has 1 heterocycles. The highest BCUT2D eigenvalue weighted by molar-refractivity contribution is 7.13. The van der Waals surface area contributed by atoms with Gasteiger partial charge in [-0.3, -0.25) is 10.1 Å². The molecule has 0 fully saturated rings. The molecule has 1 aromatic heterocycles. The van der Waals surface area contributed by atoms with Crippen LogP contribution in [0.25, 0.3) is 0 Å². The maximum Gasteiger partial charge on any atom is 0.324 e. The van der Waals surface area contributed by atoms with E-state index in [0.29, 0.717) is 19.8 Å². The third-order valence-corrected chi connectivity index (χ3v) is 3.40. The van der Waals surface area contributed by atoms with Gasteiger partial charge in [-0.15, -0.1) is 0 Å². The Morgan fingerprint density at radius 1 is 1.37 bits per heavy atom. The summed E-state index contributed by atoms with van der Waals surface area (Å²) in [7, 11) is 1.65. The molecular weight excluding hydrogens is 268 g/mol. The molecule has 0 saturated carbocycles. The molecule has 108 valence electrons. The molecule has 6 nitrogen and oxygen atoms in total. The van der Waals surface area contributed by atoms with Crippen LogP contribution in [0, 0.1) is 10.1 Å². The Kier molecular flexibility index (Phi) is 8.31. The predicted molar refractivity (Wildman–Crippen MR) is 74.6 cm³/mol. The van der Waals surface area contributed by atoms with Crippen molar-refractivity contribution in [1.29, 1.82) is 0 Å². The van der Waals surface area contributed by atoms with E-state index in [9.17, 15) is 10.1 Å². The van der Waals surface area contributed by atoms with Crippen molar-refractivity contribution < 1.29 is 14.4 Å². The van der Waals surface area contributed by atoms with Crippen molar-refractivity contribution >= 4 is 16.3 Å². The minimum absolute atomic E-state index is 0.198. The van der Waals surface area contributed by atoms with E-state index in [1.165, 1.54) is 11.3 Å². The summed E-state index contributed by atoms with van der Waals surface area (Å²) in [5.74, 6) is 0. The first-order valence-corrected chi connectivity index (χ1v) is 7.11. The van der Waals surface area contributed by atoms with Crippen molar-refractivity contribution in [3.05, 3.63) is 27.1 Å². The van der Waals surface area contributed by atoms with Crippen LogP contribution >= 0.6 is 11.3 Å². The van der Waals surface area contributed by atoms with E-state index in [4.69, 9.17) is 9.47 Å². The van der Waals surface area contributed by atoms with Crippen LogP contribution in [0.1, 0.15) is 18.4 Å². The van der Waals surface area contributed by atoms with Gasteiger partial charge in [-0.2, -0.15) is 0 Å². The zero-order chi connectivity index (χ0) is 13.9. The van der Waals surface area contributed by atoms with E-state index < -0.39 is 0 Å². The molecule has 0 aromatic carbocycles. The number of rotatable bonds is 11. The SMILES string of the molecule is COCCOCCCCNCc1csc([N+](=O)[O-])c1. The number of unbranched alkanes of at least 4 members (excludes halogenated alkanes) is 1. The largest absolute Gasteiger partial charge is 0.382 e. The standard InChI is InChI=1S/C12H20N2O4S/c1-17-6-7-18-5-3-2-4-13-9-11-8-12(14(15)16)19-10-11/h8,10,13H,2-7,9H2,1H3. The van der Waals surface area contributed by atoms with Gasteiger partial charge < -0.3 is 14.8 Å². The van der Waals surface area contributed by atoms with Crippen molar-refractivity contribution in [2.24, 2.45) is 0 Å². The van der Waals surface area contributed by atoms with Gasteiger partial charge in [-0.25, -0.2) is 0 Å². The van der Waals surface area contributed by atoms with Crippen molar-refractivity contribution in [3.8, 4) is 0 Å². The van der Waals surface area contributed by atoms with Crippen LogP contribution in [-0.2, 0) is 16.0 Å². The molecule has 0 aliphatic rings. The number of nitrogens with zero attached hydrogens (tertiary/aromatic N) is 1. The average molecular weight is 288 g/mol. The van der Waals surface area contributed by atoms with E-state index in [-0.39, 0.29) is 9.92 Å². The highest BCUT2D eigenvalue weighted by Crippen LogP contribution is 2.22. The van der Waals surface area contributed by atoms with Crippen LogP contribution in [0.5, 0.6) is 0 Å². The van der Waals surface area contributed by atoms with Gasteiger partial charge in [0.25, 0.3) is 0 Å². The summed E-state index contributed by atoms with van der Waals surface area (Å²) < 4.78 is 10.2. The topological polar surface area (TPSA) is 73.6 Å². The number of hydrogen-bond acceptors (Lipinski definition) is 6. The van der Waals surface area contributed by atoms with E-state index in [1.807, 2.05) is 5.38 Å². The lowest BCUT2D eigenvalue weighted by atomic mass is 10.3. The molecular formula is C12H20N2O4S. The second-order valence-electron chi connectivity index (χ2n) is 4.04. The van der Waals surface area contributed by atoms with Crippen LogP contribution < -0.4 is 5.32 Å². The van der Waals surface area contributed by atoms with Gasteiger partial charge in [0.1, 0.15) is 0 Å². The van der Waals surface area contributed by atoms with Gasteiger partial charge in [-0.1, -0.05) is 11.3 Å². The quantitative estimate of drug-likeness (QED) is 0.384. The summed E-state index contributed by atoms with van der Waals surface area (Å²) in [6.07, 6.45) is 2.03. The molecule has 0 amide bonds. The highest BCUT2D eigenvalue weighted by Gasteiger charge is 2.08. The minimum Gasteiger partial charge on any atom is -0.382 e. The number of thiophene rings is 1.